The van der Waals surface area contributed by atoms with Gasteiger partial charge in [-0.1, -0.05) is 0 Å². The van der Waals surface area contributed by atoms with Crippen LogP contribution in [0.1, 0.15) is 0 Å². The monoisotopic (exact) mass is 547 g/mol. The van der Waals surface area contributed by atoms with E-state index in [1.165, 1.54) is 0 Å². The maximum atomic E-state index is 6.09. The van der Waals surface area contributed by atoms with Gasteiger partial charge < -0.3 is 32.9 Å². The van der Waals surface area contributed by atoms with Crippen LogP contribution in [0, 0.1) is 0 Å². The average molecular weight is 548 g/mol. The van der Waals surface area contributed by atoms with Crippen molar-refractivity contribution in [2.24, 2.45) is 0 Å². The Morgan fingerprint density at radius 1 is 0.448 bits per heavy atom. The van der Waals surface area contributed by atoms with Crippen LogP contribution in [0.4, 0.5) is 0 Å². The molecule has 0 aliphatic carbocycles. The van der Waals surface area contributed by atoms with Crippen molar-refractivity contribution >= 4 is 70.7 Å². The quantitative estimate of drug-likeness (QED) is 0.421. The summed E-state index contributed by atoms with van der Waals surface area (Å²) in [6.45, 7) is 26.6. The molecule has 0 atom stereocenters. The molecule has 2 heterocycles. The summed E-state index contributed by atoms with van der Waals surface area (Å²) in [6, 6.07) is 0. The molecular formula is C13H39O8Si8. The summed E-state index contributed by atoms with van der Waals surface area (Å²) in [4.78, 5) is 0. The van der Waals surface area contributed by atoms with E-state index in [0.29, 0.717) is 0 Å². The van der Waals surface area contributed by atoms with Gasteiger partial charge in [-0.15, -0.1) is 0 Å². The molecule has 0 bridgehead atoms. The Morgan fingerprint density at radius 2 is 0.724 bits per heavy atom. The zero-order chi connectivity index (χ0) is 22.9. The lowest BCUT2D eigenvalue weighted by molar-refractivity contribution is 0.251. The molecule has 0 aromatic carbocycles. The van der Waals surface area contributed by atoms with Crippen LogP contribution >= 0.6 is 0 Å². The maximum Gasteiger partial charge on any atom is 0.413 e. The van der Waals surface area contributed by atoms with Crippen LogP contribution in [0.5, 0.6) is 0 Å². The van der Waals surface area contributed by atoms with Crippen LogP contribution in [0.2, 0.25) is 85.1 Å². The molecule has 2 aliphatic rings. The third-order valence-corrected chi connectivity index (χ3v) is 29.9. The highest BCUT2D eigenvalue weighted by Crippen LogP contribution is 2.26. The van der Waals surface area contributed by atoms with Gasteiger partial charge in [0, 0.05) is 0 Å². The molecule has 0 spiro atoms. The number of rotatable bonds is 0. The third kappa shape index (κ3) is 11.7. The van der Waals surface area contributed by atoms with Crippen LogP contribution in [0.15, 0.2) is 0 Å². The van der Waals surface area contributed by atoms with Gasteiger partial charge in [0.2, 0.25) is 0 Å². The van der Waals surface area contributed by atoms with Crippen molar-refractivity contribution in [3.63, 3.8) is 0 Å². The van der Waals surface area contributed by atoms with Crippen molar-refractivity contribution in [3.8, 4) is 0 Å². The topological polar surface area (TPSA) is 73.8 Å². The van der Waals surface area contributed by atoms with Gasteiger partial charge in [0.15, 0.2) is 0 Å². The van der Waals surface area contributed by atoms with E-state index in [1.807, 2.05) is 32.7 Å². The second kappa shape index (κ2) is 9.73. The summed E-state index contributed by atoms with van der Waals surface area (Å²) in [5, 5.41) is 0. The maximum absolute atomic E-state index is 6.09. The first kappa shape index (κ1) is 28.4. The third-order valence-electron chi connectivity index (χ3n) is 3.32. The Labute approximate surface area is 188 Å². The Kier molecular flexibility index (Phi) is 9.54. The van der Waals surface area contributed by atoms with Gasteiger partial charge in [0.05, 0.1) is 0 Å². The van der Waals surface area contributed by atoms with E-state index < -0.39 is 60.6 Å². The largest absolute Gasteiger partial charge is 0.416 e. The number of hydrogen-bond donors (Lipinski definition) is 0. The lowest BCUT2D eigenvalue weighted by Gasteiger charge is -2.42. The lowest BCUT2D eigenvalue weighted by Crippen LogP contribution is -2.60. The fourth-order valence-corrected chi connectivity index (χ4v) is 33.8. The molecular weight excluding hydrogens is 509 g/mol. The normalized spacial score (nSPS) is 30.5. The summed E-state index contributed by atoms with van der Waals surface area (Å²) >= 11 is 0. The molecule has 0 aromatic rings. The Hall–Kier alpha value is 1.42. The van der Waals surface area contributed by atoms with Crippen molar-refractivity contribution in [1.82, 2.24) is 0 Å². The standard InChI is InChI=1S/C7H21O4Si4.C6H18O4Si4/c1-12-8-13(2,3)10-15(6,7)11-14(4,5)9-12;1-12(2)7-11-8-13(3,4)10-14(5,6)9-12/h1-7H3;1-6H3. The zero-order valence-electron chi connectivity index (χ0n) is 20.3. The van der Waals surface area contributed by atoms with Gasteiger partial charge in [0.25, 0.3) is 0 Å². The fraction of sp³-hybridized carbons (Fsp3) is 1.00. The molecule has 2 rings (SSSR count). The SMILES string of the molecule is C[Si]1(C)O[Si]O[Si](C)(C)O[Si](C)(C)O1.C[Si]1O[Si](C)(C)O[Si](C)(C)O[Si](C)(C)O1. The lowest BCUT2D eigenvalue weighted by atomic mass is 11.9. The van der Waals surface area contributed by atoms with Crippen molar-refractivity contribution in [3.05, 3.63) is 0 Å². The Bertz CT molecular complexity index is 515. The van der Waals surface area contributed by atoms with E-state index in [2.05, 4.69) is 52.4 Å². The molecule has 171 valence electrons. The van der Waals surface area contributed by atoms with Crippen LogP contribution in [0.3, 0.4) is 0 Å². The van der Waals surface area contributed by atoms with Crippen molar-refractivity contribution in [2.75, 3.05) is 0 Å². The summed E-state index contributed by atoms with van der Waals surface area (Å²) in [7, 11) is -13.5. The van der Waals surface area contributed by atoms with E-state index >= 15 is 0 Å². The fourth-order valence-electron chi connectivity index (χ4n) is 3.43. The molecule has 3 radical (unpaired) electrons. The molecule has 2 fully saturated rings. The first-order chi connectivity index (χ1) is 12.6. The van der Waals surface area contributed by atoms with Crippen LogP contribution in [-0.4, -0.2) is 70.7 Å². The van der Waals surface area contributed by atoms with Gasteiger partial charge in [-0.3, -0.25) is 0 Å². The van der Waals surface area contributed by atoms with Crippen molar-refractivity contribution in [1.29, 1.82) is 0 Å². The Morgan fingerprint density at radius 3 is 1.03 bits per heavy atom. The van der Waals surface area contributed by atoms with E-state index in [0.717, 1.165) is 0 Å². The van der Waals surface area contributed by atoms with Crippen LogP contribution < -0.4 is 0 Å². The molecule has 0 amide bonds. The summed E-state index contributed by atoms with van der Waals surface area (Å²) in [5.41, 5.74) is 0. The van der Waals surface area contributed by atoms with Gasteiger partial charge in [-0.05, 0) is 85.1 Å². The highest BCUT2D eigenvalue weighted by atomic mass is 28.5. The predicted octanol–water partition coefficient (Wildman–Crippen LogP) is 4.00. The highest BCUT2D eigenvalue weighted by molar-refractivity contribution is 6.89. The van der Waals surface area contributed by atoms with Gasteiger partial charge in [-0.25, -0.2) is 0 Å². The first-order valence-corrected chi connectivity index (χ1v) is 29.3. The second-order valence-corrected chi connectivity index (χ2v) is 34.3. The number of hydrogen-bond acceptors (Lipinski definition) is 8. The first-order valence-electron chi connectivity index (χ1n) is 9.77. The average Bonchev–Trinajstić information content (AvgIpc) is 2.26. The van der Waals surface area contributed by atoms with Crippen LogP contribution in [0.25, 0.3) is 0 Å². The smallest absolute Gasteiger partial charge is 0.413 e. The van der Waals surface area contributed by atoms with Gasteiger partial charge >= 0.3 is 70.7 Å². The van der Waals surface area contributed by atoms with Crippen molar-refractivity contribution < 1.29 is 32.9 Å². The molecule has 2 aliphatic heterocycles. The summed E-state index contributed by atoms with van der Waals surface area (Å²) < 4.78 is 47.3. The molecule has 29 heavy (non-hydrogen) atoms. The summed E-state index contributed by atoms with van der Waals surface area (Å²) in [5.74, 6) is 0. The minimum absolute atomic E-state index is 0.0648. The highest BCUT2D eigenvalue weighted by Gasteiger charge is 2.47. The van der Waals surface area contributed by atoms with Crippen molar-refractivity contribution in [2.45, 2.75) is 85.1 Å². The van der Waals surface area contributed by atoms with Gasteiger partial charge in [0.1, 0.15) is 0 Å². The molecule has 0 N–H and O–H groups in total. The summed E-state index contributed by atoms with van der Waals surface area (Å²) in [6.07, 6.45) is 0. The molecule has 0 saturated carbocycles. The van der Waals surface area contributed by atoms with Gasteiger partial charge in [-0.2, -0.15) is 0 Å². The molecule has 2 saturated heterocycles. The molecule has 0 aromatic heterocycles. The minimum Gasteiger partial charge on any atom is -0.416 e. The van der Waals surface area contributed by atoms with E-state index in [9.17, 15) is 0 Å². The molecule has 8 nitrogen and oxygen atoms in total. The Balaban J connectivity index is 0.000000291. The predicted molar refractivity (Wildman–Crippen MR) is 131 cm³/mol. The molecule has 16 heteroatoms. The zero-order valence-corrected chi connectivity index (χ0v) is 28.3. The van der Waals surface area contributed by atoms with Crippen LogP contribution in [-0.2, 0) is 32.9 Å². The van der Waals surface area contributed by atoms with E-state index in [4.69, 9.17) is 32.9 Å². The van der Waals surface area contributed by atoms with E-state index in [-0.39, 0.29) is 10.0 Å². The molecule has 0 unspecified atom stereocenters. The minimum atomic E-state index is -2.08. The van der Waals surface area contributed by atoms with E-state index in [1.54, 1.807) is 0 Å². The second-order valence-electron chi connectivity index (χ2n) is 9.79.